The van der Waals surface area contributed by atoms with Crippen LogP contribution in [0.15, 0.2) is 57.7 Å². The van der Waals surface area contributed by atoms with Crippen LogP contribution in [0, 0.1) is 11.8 Å². The molecule has 1 aliphatic heterocycles. The van der Waals surface area contributed by atoms with Crippen molar-refractivity contribution >= 4 is 11.1 Å². The summed E-state index contributed by atoms with van der Waals surface area (Å²) >= 11 is 0. The minimum Gasteiger partial charge on any atom is -0.408 e. The Hall–Kier alpha value is -2.37. The monoisotopic (exact) mass is 392 g/mol. The Labute approximate surface area is 170 Å². The first-order valence-electron chi connectivity index (χ1n) is 10.6. The van der Waals surface area contributed by atoms with Crippen LogP contribution in [0.3, 0.4) is 0 Å². The molecule has 5 rings (SSSR count). The van der Waals surface area contributed by atoms with Gasteiger partial charge in [0.1, 0.15) is 0 Å². The Balaban J connectivity index is 1.20. The predicted octanol–water partition coefficient (Wildman–Crippen LogP) is 3.54. The largest absolute Gasteiger partial charge is 0.417 e. The smallest absolute Gasteiger partial charge is 0.408 e. The van der Waals surface area contributed by atoms with Gasteiger partial charge in [0.15, 0.2) is 5.58 Å². The van der Waals surface area contributed by atoms with Crippen LogP contribution in [0.2, 0.25) is 0 Å². The lowest BCUT2D eigenvalue weighted by atomic mass is 9.91. The van der Waals surface area contributed by atoms with E-state index < -0.39 is 11.4 Å². The van der Waals surface area contributed by atoms with Crippen molar-refractivity contribution in [2.45, 2.75) is 37.7 Å². The van der Waals surface area contributed by atoms with Gasteiger partial charge in [-0.25, -0.2) is 4.79 Å². The number of hydrogen-bond acceptors (Lipinski definition) is 4. The second-order valence-corrected chi connectivity index (χ2v) is 9.20. The van der Waals surface area contributed by atoms with Crippen LogP contribution < -0.4 is 5.76 Å². The predicted molar refractivity (Wildman–Crippen MR) is 113 cm³/mol. The molecule has 0 bridgehead atoms. The van der Waals surface area contributed by atoms with E-state index in [0.29, 0.717) is 23.3 Å². The summed E-state index contributed by atoms with van der Waals surface area (Å²) in [5.74, 6) is 1.13. The molecule has 3 aromatic rings. The molecule has 1 aromatic heterocycles. The molecular formula is C24H28N2O3. The lowest BCUT2D eigenvalue weighted by Gasteiger charge is -2.27. The minimum atomic E-state index is -0.550. The zero-order chi connectivity index (χ0) is 20.0. The van der Waals surface area contributed by atoms with E-state index in [1.807, 2.05) is 30.3 Å². The quantitative estimate of drug-likeness (QED) is 0.697. The topological polar surface area (TPSA) is 69.5 Å². The van der Waals surface area contributed by atoms with Crippen molar-refractivity contribution in [2.24, 2.45) is 11.8 Å². The maximum absolute atomic E-state index is 11.4. The highest BCUT2D eigenvalue weighted by atomic mass is 16.4. The molecule has 2 aliphatic rings. The van der Waals surface area contributed by atoms with Crippen LogP contribution in [-0.4, -0.2) is 40.2 Å². The highest BCUT2D eigenvalue weighted by molar-refractivity contribution is 5.72. The summed E-state index contributed by atoms with van der Waals surface area (Å²) in [4.78, 5) is 16.6. The minimum absolute atomic E-state index is 0.363. The van der Waals surface area contributed by atoms with Crippen molar-refractivity contribution in [1.29, 1.82) is 0 Å². The fraction of sp³-hybridized carbons (Fsp3) is 0.458. The van der Waals surface area contributed by atoms with Gasteiger partial charge in [0.2, 0.25) is 0 Å². The molecule has 0 radical (unpaired) electrons. The summed E-state index contributed by atoms with van der Waals surface area (Å²) in [5.41, 5.74) is 3.25. The van der Waals surface area contributed by atoms with Crippen LogP contribution >= 0.6 is 0 Å². The number of aromatic nitrogens is 1. The summed E-state index contributed by atoms with van der Waals surface area (Å²) in [7, 11) is 0. The van der Waals surface area contributed by atoms with Gasteiger partial charge in [-0.05, 0) is 53.9 Å². The Bertz CT molecular complexity index is 1040. The van der Waals surface area contributed by atoms with Crippen molar-refractivity contribution < 1.29 is 9.52 Å². The fourth-order valence-electron chi connectivity index (χ4n) is 5.59. The molecular weight excluding hydrogens is 364 g/mol. The molecule has 2 heterocycles. The number of benzene rings is 2. The first-order chi connectivity index (χ1) is 14.0. The maximum Gasteiger partial charge on any atom is 0.417 e. The highest BCUT2D eigenvalue weighted by Gasteiger charge is 2.48. The lowest BCUT2D eigenvalue weighted by Crippen LogP contribution is -2.33. The highest BCUT2D eigenvalue weighted by Crippen LogP contribution is 2.45. The van der Waals surface area contributed by atoms with Crippen molar-refractivity contribution in [2.75, 3.05) is 19.6 Å². The van der Waals surface area contributed by atoms with E-state index in [1.54, 1.807) is 0 Å². The number of likely N-dealkylation sites (tertiary alicyclic amines) is 1. The third-order valence-corrected chi connectivity index (χ3v) is 6.86. The number of rotatable bonds is 5. The van der Waals surface area contributed by atoms with E-state index in [9.17, 15) is 9.90 Å². The summed E-state index contributed by atoms with van der Waals surface area (Å²) in [6.45, 7) is 5.34. The van der Waals surface area contributed by atoms with Crippen LogP contribution in [0.4, 0.5) is 0 Å². The van der Waals surface area contributed by atoms with Crippen LogP contribution in [0.5, 0.6) is 0 Å². The van der Waals surface area contributed by atoms with E-state index in [-0.39, 0.29) is 0 Å². The zero-order valence-corrected chi connectivity index (χ0v) is 16.8. The molecule has 0 amide bonds. The van der Waals surface area contributed by atoms with Crippen molar-refractivity contribution in [3.05, 3.63) is 70.2 Å². The Kier molecular flexibility index (Phi) is 4.60. The second-order valence-electron chi connectivity index (χ2n) is 9.20. The number of hydrogen-bond donors (Lipinski definition) is 2. The van der Waals surface area contributed by atoms with Crippen LogP contribution in [0.25, 0.3) is 11.1 Å². The average Bonchev–Trinajstić information content (AvgIpc) is 3.31. The number of oxazole rings is 1. The van der Waals surface area contributed by atoms with Gasteiger partial charge >= 0.3 is 5.76 Å². The van der Waals surface area contributed by atoms with Crippen molar-refractivity contribution in [1.82, 2.24) is 9.88 Å². The lowest BCUT2D eigenvalue weighted by molar-refractivity contribution is 0.0353. The summed E-state index contributed by atoms with van der Waals surface area (Å²) < 4.78 is 5.21. The van der Waals surface area contributed by atoms with Gasteiger partial charge in [-0.1, -0.05) is 43.3 Å². The van der Waals surface area contributed by atoms with Gasteiger partial charge in [0.25, 0.3) is 0 Å². The second kappa shape index (κ2) is 7.15. The first-order valence-corrected chi connectivity index (χ1v) is 10.6. The van der Waals surface area contributed by atoms with Crippen LogP contribution in [0.1, 0.15) is 36.8 Å². The zero-order valence-electron chi connectivity index (χ0n) is 16.8. The number of aliphatic hydroxyl groups is 1. The molecule has 5 heteroatoms. The summed E-state index contributed by atoms with van der Waals surface area (Å²) in [6.07, 6.45) is 2.56. The molecule has 2 N–H and O–H groups in total. The van der Waals surface area contributed by atoms with Gasteiger partial charge in [0.05, 0.1) is 11.1 Å². The SMILES string of the molecule is CC(CN1C[C@@H]2C[C@@](O)(Cc3ccccc3)C[C@@H]2C1)c1ccc2[nH]c(=O)oc2c1. The molecule has 29 heavy (non-hydrogen) atoms. The molecule has 0 spiro atoms. The van der Waals surface area contributed by atoms with Gasteiger partial charge in [0, 0.05) is 26.1 Å². The normalized spacial score (nSPS) is 28.1. The average molecular weight is 392 g/mol. The number of nitrogens with zero attached hydrogens (tertiary/aromatic N) is 1. The van der Waals surface area contributed by atoms with E-state index in [4.69, 9.17) is 4.42 Å². The molecule has 1 saturated heterocycles. The summed E-state index contributed by atoms with van der Waals surface area (Å²) in [6, 6.07) is 16.3. The third kappa shape index (κ3) is 3.77. The number of fused-ring (bicyclic) bond motifs is 2. The van der Waals surface area contributed by atoms with Crippen LogP contribution in [-0.2, 0) is 6.42 Å². The molecule has 1 saturated carbocycles. The number of H-pyrrole nitrogens is 1. The van der Waals surface area contributed by atoms with Gasteiger partial charge in [-0.3, -0.25) is 4.98 Å². The summed E-state index contributed by atoms with van der Waals surface area (Å²) in [5, 5.41) is 11.1. The van der Waals surface area contributed by atoms with Gasteiger partial charge in [-0.15, -0.1) is 0 Å². The van der Waals surface area contributed by atoms with E-state index in [1.165, 1.54) is 11.1 Å². The molecule has 5 nitrogen and oxygen atoms in total. The maximum atomic E-state index is 11.4. The van der Waals surface area contributed by atoms with E-state index in [0.717, 1.165) is 44.4 Å². The van der Waals surface area contributed by atoms with E-state index >= 15 is 0 Å². The number of aromatic amines is 1. The first kappa shape index (κ1) is 18.6. The standard InChI is InChI=1S/C24H28N2O3/c1-16(18-7-8-21-22(9-18)29-23(27)25-21)13-26-14-19-11-24(28,12-20(19)15-26)10-17-5-3-2-4-6-17/h2-9,16,19-20,28H,10-15H2,1H3,(H,25,27)/t16?,19-,20+,24-. The van der Waals surface area contributed by atoms with Gasteiger partial charge in [-0.2, -0.15) is 0 Å². The fourth-order valence-corrected chi connectivity index (χ4v) is 5.59. The Morgan fingerprint density at radius 3 is 2.62 bits per heavy atom. The molecule has 152 valence electrons. The number of nitrogens with one attached hydrogen (secondary N) is 1. The molecule has 1 unspecified atom stereocenters. The Morgan fingerprint density at radius 1 is 1.17 bits per heavy atom. The molecule has 1 aliphatic carbocycles. The van der Waals surface area contributed by atoms with Gasteiger partial charge < -0.3 is 14.4 Å². The Morgan fingerprint density at radius 2 is 1.90 bits per heavy atom. The molecule has 2 aromatic carbocycles. The van der Waals surface area contributed by atoms with Crippen molar-refractivity contribution in [3.8, 4) is 0 Å². The molecule has 4 atom stereocenters. The van der Waals surface area contributed by atoms with Crippen molar-refractivity contribution in [3.63, 3.8) is 0 Å². The molecule has 2 fully saturated rings. The third-order valence-electron chi connectivity index (χ3n) is 6.86. The van der Waals surface area contributed by atoms with E-state index in [2.05, 4.69) is 35.0 Å².